The topological polar surface area (TPSA) is 50.4 Å². The third-order valence-corrected chi connectivity index (χ3v) is 4.06. The number of hydrogen-bond acceptors (Lipinski definition) is 3. The van der Waals surface area contributed by atoms with Crippen LogP contribution in [0.2, 0.25) is 0 Å². The van der Waals surface area contributed by atoms with E-state index in [0.717, 1.165) is 25.1 Å². The summed E-state index contributed by atoms with van der Waals surface area (Å²) in [5.41, 5.74) is 0.929. The molecule has 0 aromatic heterocycles. The first-order valence-electron chi connectivity index (χ1n) is 8.14. The van der Waals surface area contributed by atoms with Crippen molar-refractivity contribution in [2.45, 2.75) is 38.7 Å². The van der Waals surface area contributed by atoms with Crippen molar-refractivity contribution in [3.05, 3.63) is 29.8 Å². The van der Waals surface area contributed by atoms with E-state index in [-0.39, 0.29) is 11.7 Å². The molecule has 0 radical (unpaired) electrons. The lowest BCUT2D eigenvalue weighted by atomic mass is 9.96. The maximum Gasteiger partial charge on any atom is 0.387 e. The summed E-state index contributed by atoms with van der Waals surface area (Å²) < 4.78 is 28.4. The van der Waals surface area contributed by atoms with E-state index in [9.17, 15) is 13.6 Å². The largest absolute Gasteiger partial charge is 0.435 e. The molecule has 1 aliphatic heterocycles. The second-order valence-electron chi connectivity index (χ2n) is 5.87. The Hall–Kier alpha value is -1.69. The Morgan fingerprint density at radius 2 is 2.13 bits per heavy atom. The number of ether oxygens (including phenoxy) is 1. The van der Waals surface area contributed by atoms with Gasteiger partial charge in [-0.05, 0) is 62.4 Å². The summed E-state index contributed by atoms with van der Waals surface area (Å²) in [6.07, 6.45) is 4.45. The third kappa shape index (κ3) is 6.95. The van der Waals surface area contributed by atoms with Crippen LogP contribution in [0, 0.1) is 5.92 Å². The minimum Gasteiger partial charge on any atom is -0.435 e. The lowest BCUT2D eigenvalue weighted by molar-refractivity contribution is -0.121. The summed E-state index contributed by atoms with van der Waals surface area (Å²) in [6.45, 7) is 0.0465. The summed E-state index contributed by atoms with van der Waals surface area (Å²) in [7, 11) is 0. The number of halogens is 2. The molecule has 23 heavy (non-hydrogen) atoms. The van der Waals surface area contributed by atoms with E-state index in [0.29, 0.717) is 25.3 Å². The van der Waals surface area contributed by atoms with Crippen LogP contribution < -0.4 is 15.4 Å². The Balaban J connectivity index is 1.61. The number of aryl methyl sites for hydroxylation is 1. The molecule has 0 saturated carbocycles. The molecule has 1 aromatic carbocycles. The summed E-state index contributed by atoms with van der Waals surface area (Å²) in [5, 5.41) is 6.31. The highest BCUT2D eigenvalue weighted by atomic mass is 19.3. The van der Waals surface area contributed by atoms with Crippen molar-refractivity contribution in [3.63, 3.8) is 0 Å². The molecule has 0 aliphatic carbocycles. The van der Waals surface area contributed by atoms with Gasteiger partial charge >= 0.3 is 6.61 Å². The molecule has 1 aliphatic rings. The smallest absolute Gasteiger partial charge is 0.387 e. The van der Waals surface area contributed by atoms with Gasteiger partial charge in [0.25, 0.3) is 0 Å². The summed E-state index contributed by atoms with van der Waals surface area (Å²) in [5.74, 6) is 0.822. The number of carbonyl (C=O) groups is 1. The molecule has 1 unspecified atom stereocenters. The molecular formula is C17H24F2N2O2. The van der Waals surface area contributed by atoms with Gasteiger partial charge in [-0.2, -0.15) is 8.78 Å². The zero-order chi connectivity index (χ0) is 16.5. The lowest BCUT2D eigenvalue weighted by Crippen LogP contribution is -2.33. The average Bonchev–Trinajstić information content (AvgIpc) is 2.55. The van der Waals surface area contributed by atoms with Gasteiger partial charge in [-0.3, -0.25) is 4.79 Å². The van der Waals surface area contributed by atoms with Gasteiger partial charge in [0.2, 0.25) is 5.91 Å². The van der Waals surface area contributed by atoms with Crippen molar-refractivity contribution in [2.24, 2.45) is 5.92 Å². The first kappa shape index (κ1) is 17.7. The number of benzene rings is 1. The van der Waals surface area contributed by atoms with E-state index < -0.39 is 6.61 Å². The predicted octanol–water partition coefficient (Wildman–Crippen LogP) is 2.73. The van der Waals surface area contributed by atoms with Gasteiger partial charge in [0, 0.05) is 13.0 Å². The first-order chi connectivity index (χ1) is 11.1. The number of amides is 1. The van der Waals surface area contributed by atoms with Crippen LogP contribution in [0.15, 0.2) is 24.3 Å². The van der Waals surface area contributed by atoms with Gasteiger partial charge in [-0.15, -0.1) is 0 Å². The van der Waals surface area contributed by atoms with Crippen LogP contribution in [0.1, 0.15) is 31.2 Å². The summed E-state index contributed by atoms with van der Waals surface area (Å²) >= 11 is 0. The van der Waals surface area contributed by atoms with Crippen LogP contribution in [0.4, 0.5) is 8.78 Å². The van der Waals surface area contributed by atoms with Crippen molar-refractivity contribution in [3.8, 4) is 5.75 Å². The second-order valence-corrected chi connectivity index (χ2v) is 5.87. The van der Waals surface area contributed by atoms with Gasteiger partial charge in [0.15, 0.2) is 0 Å². The highest BCUT2D eigenvalue weighted by molar-refractivity contribution is 5.76. The highest BCUT2D eigenvalue weighted by Gasteiger charge is 2.12. The van der Waals surface area contributed by atoms with E-state index in [1.54, 1.807) is 12.1 Å². The van der Waals surface area contributed by atoms with E-state index in [2.05, 4.69) is 15.4 Å². The molecule has 1 fully saturated rings. The van der Waals surface area contributed by atoms with Gasteiger partial charge in [0.05, 0.1) is 0 Å². The van der Waals surface area contributed by atoms with Crippen molar-refractivity contribution >= 4 is 5.91 Å². The molecule has 1 amide bonds. The monoisotopic (exact) mass is 326 g/mol. The number of piperidine rings is 1. The highest BCUT2D eigenvalue weighted by Crippen LogP contribution is 2.16. The van der Waals surface area contributed by atoms with Gasteiger partial charge in [0.1, 0.15) is 5.75 Å². The molecular weight excluding hydrogens is 302 g/mol. The van der Waals surface area contributed by atoms with Crippen LogP contribution in [0.5, 0.6) is 5.75 Å². The minimum absolute atomic E-state index is 0.0293. The average molecular weight is 326 g/mol. The fourth-order valence-electron chi connectivity index (χ4n) is 2.77. The third-order valence-electron chi connectivity index (χ3n) is 4.06. The van der Waals surface area contributed by atoms with Crippen LogP contribution in [0.3, 0.4) is 0 Å². The van der Waals surface area contributed by atoms with Crippen LogP contribution in [-0.2, 0) is 11.2 Å². The summed E-state index contributed by atoms with van der Waals surface area (Å²) in [4.78, 5) is 11.8. The van der Waals surface area contributed by atoms with Crippen molar-refractivity contribution in [1.82, 2.24) is 10.6 Å². The molecule has 0 spiro atoms. The Morgan fingerprint density at radius 1 is 1.35 bits per heavy atom. The zero-order valence-electron chi connectivity index (χ0n) is 13.2. The van der Waals surface area contributed by atoms with Crippen LogP contribution >= 0.6 is 0 Å². The maximum atomic E-state index is 12.0. The molecule has 1 atom stereocenters. The van der Waals surface area contributed by atoms with Crippen LogP contribution in [0.25, 0.3) is 0 Å². The Morgan fingerprint density at radius 3 is 2.78 bits per heavy atom. The first-order valence-corrected chi connectivity index (χ1v) is 8.14. The van der Waals surface area contributed by atoms with Crippen molar-refractivity contribution < 1.29 is 18.3 Å². The molecule has 128 valence electrons. The molecule has 4 nitrogen and oxygen atoms in total. The summed E-state index contributed by atoms with van der Waals surface area (Å²) in [6, 6.07) is 6.41. The Kier molecular flexibility index (Phi) is 7.26. The Labute approximate surface area is 135 Å². The molecule has 1 saturated heterocycles. The maximum absolute atomic E-state index is 12.0. The number of hydrogen-bond donors (Lipinski definition) is 2. The minimum atomic E-state index is -2.81. The van der Waals surface area contributed by atoms with E-state index in [1.807, 2.05) is 0 Å². The predicted molar refractivity (Wildman–Crippen MR) is 84.6 cm³/mol. The van der Waals surface area contributed by atoms with Gasteiger partial charge < -0.3 is 15.4 Å². The normalized spacial score (nSPS) is 18.0. The van der Waals surface area contributed by atoms with Crippen molar-refractivity contribution in [2.75, 3.05) is 19.6 Å². The second kappa shape index (κ2) is 9.45. The number of alkyl halides is 2. The quantitative estimate of drug-likeness (QED) is 0.772. The molecule has 2 rings (SSSR count). The molecule has 6 heteroatoms. The number of rotatable bonds is 8. The van der Waals surface area contributed by atoms with Gasteiger partial charge in [-0.25, -0.2) is 0 Å². The fourth-order valence-corrected chi connectivity index (χ4v) is 2.77. The van der Waals surface area contributed by atoms with E-state index >= 15 is 0 Å². The lowest BCUT2D eigenvalue weighted by Gasteiger charge is -2.22. The fraction of sp³-hybridized carbons (Fsp3) is 0.588. The Bertz CT molecular complexity index is 474. The molecule has 0 bridgehead atoms. The van der Waals surface area contributed by atoms with E-state index in [4.69, 9.17) is 0 Å². The molecule has 2 N–H and O–H groups in total. The SMILES string of the molecule is O=C(CCc1ccc(OC(F)F)cc1)NCCC1CCCNC1. The van der Waals surface area contributed by atoms with Crippen LogP contribution in [-0.4, -0.2) is 32.2 Å². The molecule has 1 heterocycles. The number of carbonyl (C=O) groups excluding carboxylic acids is 1. The number of nitrogens with one attached hydrogen (secondary N) is 2. The zero-order valence-corrected chi connectivity index (χ0v) is 13.2. The van der Waals surface area contributed by atoms with Gasteiger partial charge in [-0.1, -0.05) is 12.1 Å². The van der Waals surface area contributed by atoms with E-state index in [1.165, 1.54) is 25.0 Å². The van der Waals surface area contributed by atoms with Crippen molar-refractivity contribution in [1.29, 1.82) is 0 Å². The molecule has 1 aromatic rings. The standard InChI is InChI=1S/C17H24F2N2O2/c18-17(19)23-15-6-3-13(4-7-15)5-8-16(22)21-11-9-14-2-1-10-20-12-14/h3-4,6-7,14,17,20H,1-2,5,8-12H2,(H,21,22).